The third-order valence-electron chi connectivity index (χ3n) is 7.50. The molecule has 0 unspecified atom stereocenters. The first-order valence-electron chi connectivity index (χ1n) is 12.4. The average Bonchev–Trinajstić information content (AvgIpc) is 3.51. The van der Waals surface area contributed by atoms with Gasteiger partial charge in [-0.1, -0.05) is 91.0 Å². The predicted molar refractivity (Wildman–Crippen MR) is 153 cm³/mol. The lowest BCUT2D eigenvalue weighted by molar-refractivity contribution is 1.16. The summed E-state index contributed by atoms with van der Waals surface area (Å²) in [4.78, 5) is 0. The molecule has 0 saturated carbocycles. The molecule has 8 aromatic rings. The Hall–Kier alpha value is -4.82. The first-order chi connectivity index (χ1) is 17.9. The fraction of sp³-hybridized carbons (Fsp3) is 0. The van der Waals surface area contributed by atoms with Crippen LogP contribution in [-0.2, 0) is 0 Å². The standard InChI is InChI=1S/C34H22N2/c1-2-12-25(13-3-1)36-32-17-9-8-16-28(32)29-18-19-31-30(34(29)36)20-21-35(31)33-26-14-6-4-10-23(26)22-24-11-5-7-15-27(24)33/h1-22H. The van der Waals surface area contributed by atoms with Crippen LogP contribution in [0.2, 0.25) is 0 Å². The largest absolute Gasteiger partial charge is 0.315 e. The predicted octanol–water partition coefficient (Wildman–Crippen LogP) is 9.03. The zero-order valence-corrected chi connectivity index (χ0v) is 19.6. The van der Waals surface area contributed by atoms with Crippen LogP contribution >= 0.6 is 0 Å². The van der Waals surface area contributed by atoms with Crippen molar-refractivity contribution in [1.29, 1.82) is 0 Å². The minimum absolute atomic E-state index is 1.18. The van der Waals surface area contributed by atoms with Crippen molar-refractivity contribution >= 4 is 54.3 Å². The van der Waals surface area contributed by atoms with Crippen LogP contribution in [0.25, 0.3) is 65.6 Å². The highest BCUT2D eigenvalue weighted by Gasteiger charge is 2.18. The summed E-state index contributed by atoms with van der Waals surface area (Å²) in [6.07, 6.45) is 2.24. The van der Waals surface area contributed by atoms with E-state index in [0.717, 1.165) is 0 Å². The fourth-order valence-corrected chi connectivity index (χ4v) is 5.97. The molecular weight excluding hydrogens is 436 g/mol. The Labute approximate surface area is 208 Å². The summed E-state index contributed by atoms with van der Waals surface area (Å²) >= 11 is 0. The summed E-state index contributed by atoms with van der Waals surface area (Å²) in [6, 6.07) is 46.0. The smallest absolute Gasteiger partial charge is 0.0635 e. The number of rotatable bonds is 2. The maximum atomic E-state index is 2.42. The molecule has 2 nitrogen and oxygen atoms in total. The van der Waals surface area contributed by atoms with Gasteiger partial charge in [-0.15, -0.1) is 0 Å². The van der Waals surface area contributed by atoms with Gasteiger partial charge in [0, 0.05) is 38.8 Å². The van der Waals surface area contributed by atoms with Gasteiger partial charge >= 0.3 is 0 Å². The molecule has 6 aromatic carbocycles. The molecule has 2 heterocycles. The highest BCUT2D eigenvalue weighted by atomic mass is 15.0. The van der Waals surface area contributed by atoms with Crippen molar-refractivity contribution < 1.29 is 0 Å². The third kappa shape index (κ3) is 2.61. The summed E-state index contributed by atoms with van der Waals surface area (Å²) in [6.45, 7) is 0. The topological polar surface area (TPSA) is 9.86 Å². The lowest BCUT2D eigenvalue weighted by Gasteiger charge is -2.14. The Morgan fingerprint density at radius 1 is 0.417 bits per heavy atom. The Morgan fingerprint density at radius 2 is 1.06 bits per heavy atom. The molecule has 0 atom stereocenters. The molecule has 36 heavy (non-hydrogen) atoms. The summed E-state index contributed by atoms with van der Waals surface area (Å²) in [5, 5.41) is 8.85. The van der Waals surface area contributed by atoms with E-state index in [0.29, 0.717) is 0 Å². The summed E-state index contributed by atoms with van der Waals surface area (Å²) in [7, 11) is 0. The molecule has 8 rings (SSSR count). The molecule has 0 radical (unpaired) electrons. The summed E-state index contributed by atoms with van der Waals surface area (Å²) < 4.78 is 4.80. The molecule has 168 valence electrons. The van der Waals surface area contributed by atoms with E-state index in [2.05, 4.69) is 143 Å². The number of para-hydroxylation sites is 2. The van der Waals surface area contributed by atoms with E-state index in [9.17, 15) is 0 Å². The van der Waals surface area contributed by atoms with Crippen LogP contribution in [0.1, 0.15) is 0 Å². The zero-order valence-electron chi connectivity index (χ0n) is 19.6. The second-order valence-corrected chi connectivity index (χ2v) is 9.44. The number of aromatic nitrogens is 2. The average molecular weight is 459 g/mol. The molecule has 0 aliphatic heterocycles. The highest BCUT2D eigenvalue weighted by Crippen LogP contribution is 2.39. The van der Waals surface area contributed by atoms with E-state index in [1.165, 1.54) is 65.6 Å². The van der Waals surface area contributed by atoms with Gasteiger partial charge in [-0.25, -0.2) is 0 Å². The van der Waals surface area contributed by atoms with Crippen LogP contribution in [0.4, 0.5) is 0 Å². The van der Waals surface area contributed by atoms with E-state index in [1.54, 1.807) is 0 Å². The summed E-state index contributed by atoms with van der Waals surface area (Å²) in [5.41, 5.74) is 6.11. The minimum atomic E-state index is 1.18. The molecule has 0 amide bonds. The van der Waals surface area contributed by atoms with Gasteiger partial charge in [0.25, 0.3) is 0 Å². The number of hydrogen-bond donors (Lipinski definition) is 0. The van der Waals surface area contributed by atoms with Gasteiger partial charge < -0.3 is 9.13 Å². The molecule has 0 spiro atoms. The third-order valence-corrected chi connectivity index (χ3v) is 7.50. The van der Waals surface area contributed by atoms with Crippen molar-refractivity contribution in [3.05, 3.63) is 134 Å². The SMILES string of the molecule is c1ccc(-n2c3ccccc3c3ccc4c(ccn4-c4c5ccccc5cc5ccccc45)c32)cc1. The van der Waals surface area contributed by atoms with Crippen molar-refractivity contribution in [2.75, 3.05) is 0 Å². The number of nitrogens with zero attached hydrogens (tertiary/aromatic N) is 2. The quantitative estimate of drug-likeness (QED) is 0.229. The van der Waals surface area contributed by atoms with Crippen molar-refractivity contribution in [1.82, 2.24) is 9.13 Å². The fourth-order valence-electron chi connectivity index (χ4n) is 5.97. The van der Waals surface area contributed by atoms with E-state index in [-0.39, 0.29) is 0 Å². The van der Waals surface area contributed by atoms with Crippen LogP contribution in [-0.4, -0.2) is 9.13 Å². The maximum Gasteiger partial charge on any atom is 0.0635 e. The minimum Gasteiger partial charge on any atom is -0.315 e. The molecule has 0 saturated heterocycles. The normalized spacial score (nSPS) is 11.9. The van der Waals surface area contributed by atoms with Gasteiger partial charge in [0.2, 0.25) is 0 Å². The molecule has 0 aliphatic rings. The molecular formula is C34H22N2. The second-order valence-electron chi connectivity index (χ2n) is 9.44. The Morgan fingerprint density at radius 3 is 1.81 bits per heavy atom. The van der Waals surface area contributed by atoms with Crippen molar-refractivity contribution in [2.45, 2.75) is 0 Å². The van der Waals surface area contributed by atoms with Crippen molar-refractivity contribution in [2.24, 2.45) is 0 Å². The molecule has 2 aromatic heterocycles. The van der Waals surface area contributed by atoms with Crippen LogP contribution in [0.5, 0.6) is 0 Å². The van der Waals surface area contributed by atoms with Gasteiger partial charge in [0.1, 0.15) is 0 Å². The van der Waals surface area contributed by atoms with Gasteiger partial charge in [0.05, 0.1) is 22.2 Å². The van der Waals surface area contributed by atoms with Gasteiger partial charge in [-0.05, 0) is 47.2 Å². The monoisotopic (exact) mass is 458 g/mol. The van der Waals surface area contributed by atoms with Crippen LogP contribution in [0.15, 0.2) is 134 Å². The molecule has 0 aliphatic carbocycles. The van der Waals surface area contributed by atoms with Crippen molar-refractivity contribution in [3.63, 3.8) is 0 Å². The number of fused-ring (bicyclic) bond motifs is 7. The first kappa shape index (κ1) is 19.5. The highest BCUT2D eigenvalue weighted by molar-refractivity contribution is 6.19. The summed E-state index contributed by atoms with van der Waals surface area (Å²) in [5.74, 6) is 0. The second kappa shape index (κ2) is 7.34. The zero-order chi connectivity index (χ0) is 23.6. The van der Waals surface area contributed by atoms with E-state index in [1.807, 2.05) is 0 Å². The van der Waals surface area contributed by atoms with Gasteiger partial charge in [0.15, 0.2) is 0 Å². The van der Waals surface area contributed by atoms with Gasteiger partial charge in [-0.2, -0.15) is 0 Å². The molecule has 2 heteroatoms. The van der Waals surface area contributed by atoms with E-state index >= 15 is 0 Å². The van der Waals surface area contributed by atoms with Crippen LogP contribution < -0.4 is 0 Å². The Kier molecular flexibility index (Phi) is 3.97. The van der Waals surface area contributed by atoms with Crippen LogP contribution in [0.3, 0.4) is 0 Å². The number of benzene rings is 6. The van der Waals surface area contributed by atoms with Gasteiger partial charge in [-0.3, -0.25) is 0 Å². The lowest BCUT2D eigenvalue weighted by atomic mass is 10.0. The molecule has 0 N–H and O–H groups in total. The number of hydrogen-bond acceptors (Lipinski definition) is 0. The van der Waals surface area contributed by atoms with E-state index < -0.39 is 0 Å². The van der Waals surface area contributed by atoms with Crippen LogP contribution in [0, 0.1) is 0 Å². The molecule has 0 bridgehead atoms. The Bertz CT molecular complexity index is 2040. The molecule has 0 fully saturated rings. The van der Waals surface area contributed by atoms with E-state index in [4.69, 9.17) is 0 Å². The Balaban J connectivity index is 1.54. The lowest BCUT2D eigenvalue weighted by Crippen LogP contribution is -1.96. The first-order valence-corrected chi connectivity index (χ1v) is 12.4. The maximum absolute atomic E-state index is 2.42. The van der Waals surface area contributed by atoms with Crippen molar-refractivity contribution in [3.8, 4) is 11.4 Å².